The number of esters is 1. The van der Waals surface area contributed by atoms with Gasteiger partial charge in [0.15, 0.2) is 0 Å². The molecule has 0 saturated heterocycles. The van der Waals surface area contributed by atoms with Crippen molar-refractivity contribution in [2.45, 2.75) is 13.5 Å². The lowest BCUT2D eigenvalue weighted by Gasteiger charge is -2.08. The topological polar surface area (TPSA) is 70.4 Å². The van der Waals surface area contributed by atoms with Crippen molar-refractivity contribution in [2.75, 3.05) is 13.7 Å². The first-order valence-corrected chi connectivity index (χ1v) is 10.4. The highest BCUT2D eigenvalue weighted by Gasteiger charge is 2.14. The Labute approximate surface area is 177 Å². The lowest BCUT2D eigenvalue weighted by molar-refractivity contribution is 0.0600. The smallest absolute Gasteiger partial charge is 0.337 e. The maximum Gasteiger partial charge on any atom is 0.337 e. The highest BCUT2D eigenvalue weighted by Crippen LogP contribution is 2.31. The third-order valence-electron chi connectivity index (χ3n) is 4.74. The Morgan fingerprint density at radius 2 is 1.97 bits per heavy atom. The number of nitrogens with zero attached hydrogens (tertiary/aromatic N) is 2. The van der Waals surface area contributed by atoms with E-state index in [1.807, 2.05) is 42.6 Å². The molecule has 7 heteroatoms. The number of methoxy groups -OCH3 is 1. The van der Waals surface area contributed by atoms with Gasteiger partial charge in [-0.1, -0.05) is 24.3 Å². The number of ether oxygens (including phenoxy) is 2. The average molecular weight is 420 g/mol. The van der Waals surface area contributed by atoms with Gasteiger partial charge in [-0.25, -0.2) is 9.78 Å². The van der Waals surface area contributed by atoms with Crippen molar-refractivity contribution in [1.29, 1.82) is 0 Å². The summed E-state index contributed by atoms with van der Waals surface area (Å²) in [6.07, 6.45) is 1.55. The van der Waals surface area contributed by atoms with Crippen LogP contribution >= 0.6 is 11.3 Å². The van der Waals surface area contributed by atoms with E-state index >= 15 is 0 Å². The normalized spacial score (nSPS) is 10.9. The van der Waals surface area contributed by atoms with Crippen LogP contribution in [0.3, 0.4) is 0 Å². The first-order chi connectivity index (χ1) is 14.6. The minimum Gasteiger partial charge on any atom is -0.494 e. The van der Waals surface area contributed by atoms with Crippen molar-refractivity contribution in [3.8, 4) is 16.9 Å². The number of thiophene rings is 1. The highest BCUT2D eigenvalue weighted by atomic mass is 32.1. The molecule has 0 aliphatic rings. The van der Waals surface area contributed by atoms with E-state index in [1.165, 1.54) is 18.4 Å². The Bertz CT molecular complexity index is 1260. The minimum atomic E-state index is -0.409. The zero-order valence-corrected chi connectivity index (χ0v) is 17.4. The first-order valence-electron chi connectivity index (χ1n) is 9.48. The van der Waals surface area contributed by atoms with Crippen LogP contribution in [-0.4, -0.2) is 29.2 Å². The van der Waals surface area contributed by atoms with Crippen LogP contribution in [0.15, 0.2) is 65.0 Å². The molecule has 0 bridgehead atoms. The van der Waals surface area contributed by atoms with Gasteiger partial charge in [0.2, 0.25) is 0 Å². The van der Waals surface area contributed by atoms with E-state index in [1.54, 1.807) is 29.1 Å². The number of aromatic nitrogens is 2. The monoisotopic (exact) mass is 420 g/mol. The van der Waals surface area contributed by atoms with Gasteiger partial charge in [0, 0.05) is 10.9 Å². The number of benzene rings is 2. The quantitative estimate of drug-likeness (QED) is 0.434. The van der Waals surface area contributed by atoms with Gasteiger partial charge in [0.25, 0.3) is 5.56 Å². The second-order valence-electron chi connectivity index (χ2n) is 6.66. The number of hydrogen-bond donors (Lipinski definition) is 0. The van der Waals surface area contributed by atoms with Crippen molar-refractivity contribution in [3.05, 3.63) is 81.7 Å². The fourth-order valence-corrected chi connectivity index (χ4v) is 4.21. The molecule has 30 heavy (non-hydrogen) atoms. The Balaban J connectivity index is 1.71. The molecule has 2 heterocycles. The zero-order chi connectivity index (χ0) is 21.1. The Hall–Kier alpha value is -3.45. The van der Waals surface area contributed by atoms with Gasteiger partial charge in [-0.05, 0) is 42.3 Å². The van der Waals surface area contributed by atoms with Crippen LogP contribution in [-0.2, 0) is 11.3 Å². The van der Waals surface area contributed by atoms with Crippen LogP contribution in [0, 0.1) is 0 Å². The molecule has 0 amide bonds. The predicted octanol–water partition coefficient (Wildman–Crippen LogP) is 4.36. The summed E-state index contributed by atoms with van der Waals surface area (Å²) < 4.78 is 11.8. The zero-order valence-electron chi connectivity index (χ0n) is 16.6. The summed E-state index contributed by atoms with van der Waals surface area (Å²) >= 11 is 1.44. The predicted molar refractivity (Wildman–Crippen MR) is 117 cm³/mol. The second kappa shape index (κ2) is 8.51. The number of hydrogen-bond acceptors (Lipinski definition) is 6. The summed E-state index contributed by atoms with van der Waals surface area (Å²) in [6.45, 7) is 2.85. The van der Waals surface area contributed by atoms with Gasteiger partial charge < -0.3 is 9.47 Å². The van der Waals surface area contributed by atoms with Crippen LogP contribution in [0.1, 0.15) is 22.8 Å². The third-order valence-corrected chi connectivity index (χ3v) is 5.62. The molecule has 0 saturated carbocycles. The number of rotatable bonds is 6. The van der Waals surface area contributed by atoms with Crippen LogP contribution in [0.5, 0.6) is 5.75 Å². The number of carbonyl (C=O) groups is 1. The van der Waals surface area contributed by atoms with Crippen molar-refractivity contribution in [3.63, 3.8) is 0 Å². The van der Waals surface area contributed by atoms with Crippen molar-refractivity contribution < 1.29 is 14.3 Å². The molecule has 4 aromatic rings. The molecule has 0 fully saturated rings. The Kier molecular flexibility index (Phi) is 5.63. The molecule has 6 nitrogen and oxygen atoms in total. The molecular weight excluding hydrogens is 400 g/mol. The fourth-order valence-electron chi connectivity index (χ4n) is 3.30. The molecule has 0 aliphatic carbocycles. The molecule has 0 radical (unpaired) electrons. The SMILES string of the molecule is CCOc1ccc(-c2csc3ncn(Cc4cccc(C(=O)OC)c4)c(=O)c23)cc1. The van der Waals surface area contributed by atoms with Crippen LogP contribution < -0.4 is 10.3 Å². The van der Waals surface area contributed by atoms with E-state index in [2.05, 4.69) is 4.98 Å². The summed E-state index contributed by atoms with van der Waals surface area (Å²) in [5.41, 5.74) is 2.94. The van der Waals surface area contributed by atoms with Gasteiger partial charge in [-0.2, -0.15) is 0 Å². The number of carbonyl (C=O) groups excluding carboxylic acids is 1. The first kappa shape index (κ1) is 19.8. The van der Waals surface area contributed by atoms with Crippen molar-refractivity contribution >= 4 is 27.5 Å². The van der Waals surface area contributed by atoms with E-state index in [0.29, 0.717) is 28.9 Å². The maximum atomic E-state index is 13.2. The van der Waals surface area contributed by atoms with Gasteiger partial charge in [-0.3, -0.25) is 9.36 Å². The average Bonchev–Trinajstić information content (AvgIpc) is 3.21. The van der Waals surface area contributed by atoms with E-state index in [-0.39, 0.29) is 5.56 Å². The molecule has 0 unspecified atom stereocenters. The van der Waals surface area contributed by atoms with Gasteiger partial charge in [0.1, 0.15) is 10.6 Å². The molecule has 152 valence electrons. The lowest BCUT2D eigenvalue weighted by Crippen LogP contribution is -2.21. The Morgan fingerprint density at radius 3 is 2.70 bits per heavy atom. The summed E-state index contributed by atoms with van der Waals surface area (Å²) in [6, 6.07) is 14.7. The fraction of sp³-hybridized carbons (Fsp3) is 0.174. The van der Waals surface area contributed by atoms with Gasteiger partial charge in [0.05, 0.1) is 37.5 Å². The third kappa shape index (κ3) is 3.84. The van der Waals surface area contributed by atoms with Gasteiger partial charge in [-0.15, -0.1) is 11.3 Å². The molecule has 0 spiro atoms. The largest absolute Gasteiger partial charge is 0.494 e. The van der Waals surface area contributed by atoms with Crippen LogP contribution in [0.4, 0.5) is 0 Å². The molecule has 0 N–H and O–H groups in total. The summed E-state index contributed by atoms with van der Waals surface area (Å²) in [4.78, 5) is 30.2. The second-order valence-corrected chi connectivity index (χ2v) is 7.51. The standard InChI is InChI=1S/C23H20N2O4S/c1-3-29-18-9-7-16(8-10-18)19-13-30-21-20(19)22(26)25(14-24-21)12-15-5-4-6-17(11-15)23(27)28-2/h4-11,13-14H,3,12H2,1-2H3. The van der Waals surface area contributed by atoms with Gasteiger partial charge >= 0.3 is 5.97 Å². The van der Waals surface area contributed by atoms with Crippen LogP contribution in [0.25, 0.3) is 21.3 Å². The summed E-state index contributed by atoms with van der Waals surface area (Å²) in [7, 11) is 1.34. The highest BCUT2D eigenvalue weighted by molar-refractivity contribution is 7.17. The van der Waals surface area contributed by atoms with E-state index in [9.17, 15) is 9.59 Å². The Morgan fingerprint density at radius 1 is 1.17 bits per heavy atom. The lowest BCUT2D eigenvalue weighted by atomic mass is 10.1. The summed E-state index contributed by atoms with van der Waals surface area (Å²) in [5, 5.41) is 2.55. The molecular formula is C23H20N2O4S. The molecule has 0 atom stereocenters. The van der Waals surface area contributed by atoms with E-state index in [0.717, 1.165) is 22.4 Å². The minimum absolute atomic E-state index is 0.117. The van der Waals surface area contributed by atoms with E-state index in [4.69, 9.17) is 9.47 Å². The molecule has 2 aromatic heterocycles. The van der Waals surface area contributed by atoms with Crippen molar-refractivity contribution in [1.82, 2.24) is 9.55 Å². The van der Waals surface area contributed by atoms with Crippen LogP contribution in [0.2, 0.25) is 0 Å². The van der Waals surface area contributed by atoms with E-state index < -0.39 is 5.97 Å². The molecule has 0 aliphatic heterocycles. The summed E-state index contributed by atoms with van der Waals surface area (Å²) in [5.74, 6) is 0.384. The van der Waals surface area contributed by atoms with Crippen molar-refractivity contribution in [2.24, 2.45) is 0 Å². The maximum absolute atomic E-state index is 13.2. The molecule has 4 rings (SSSR count). The molecule has 2 aromatic carbocycles. The number of fused-ring (bicyclic) bond motifs is 1.